The van der Waals surface area contributed by atoms with Crippen molar-refractivity contribution < 1.29 is 9.32 Å². The fourth-order valence-electron chi connectivity index (χ4n) is 2.69. The van der Waals surface area contributed by atoms with Crippen molar-refractivity contribution in [1.29, 1.82) is 0 Å². The number of carbonyl (C=O) groups excluding carboxylic acids is 1. The van der Waals surface area contributed by atoms with Crippen molar-refractivity contribution in [3.05, 3.63) is 29.0 Å². The van der Waals surface area contributed by atoms with E-state index >= 15 is 0 Å². The minimum Gasteiger partial charge on any atom is -0.356 e. The molecule has 1 saturated carbocycles. The summed E-state index contributed by atoms with van der Waals surface area (Å²) in [6, 6.07) is 0. The van der Waals surface area contributed by atoms with Crippen LogP contribution in [-0.4, -0.2) is 27.6 Å². The standard InChI is InChI=1S/C17H22N4O2/c1-9-7-13(9)17(22)18-6-5-15-14(8-19-12(4)20-15)16-10(2)11(3)21-23-16/h8-9,13H,5-7H2,1-4H3,(H,18,22)/t9-,13+/m1/s1. The summed E-state index contributed by atoms with van der Waals surface area (Å²) < 4.78 is 5.43. The lowest BCUT2D eigenvalue weighted by Crippen LogP contribution is -2.28. The quantitative estimate of drug-likeness (QED) is 0.916. The van der Waals surface area contributed by atoms with E-state index in [0.717, 1.165) is 28.9 Å². The molecule has 6 heteroatoms. The third kappa shape index (κ3) is 3.25. The lowest BCUT2D eigenvalue weighted by Gasteiger charge is -2.09. The summed E-state index contributed by atoms with van der Waals surface area (Å²) in [4.78, 5) is 20.7. The first-order chi connectivity index (χ1) is 11.0. The van der Waals surface area contributed by atoms with E-state index in [0.29, 0.717) is 30.5 Å². The number of amides is 1. The van der Waals surface area contributed by atoms with Crippen LogP contribution in [0, 0.1) is 32.6 Å². The second-order valence-corrected chi connectivity index (χ2v) is 6.36. The predicted octanol–water partition coefficient (Wildman–Crippen LogP) is 2.37. The SMILES string of the molecule is Cc1ncc(-c2onc(C)c2C)c(CCNC(=O)[C@H]2C[C@H]2C)n1. The van der Waals surface area contributed by atoms with Crippen LogP contribution in [0.3, 0.4) is 0 Å². The number of hydrogen-bond acceptors (Lipinski definition) is 5. The Hall–Kier alpha value is -2.24. The van der Waals surface area contributed by atoms with Gasteiger partial charge in [0.15, 0.2) is 5.76 Å². The molecule has 0 aromatic carbocycles. The van der Waals surface area contributed by atoms with Crippen LogP contribution in [0.2, 0.25) is 0 Å². The zero-order valence-electron chi connectivity index (χ0n) is 14.0. The predicted molar refractivity (Wildman–Crippen MR) is 85.7 cm³/mol. The smallest absolute Gasteiger partial charge is 0.223 e. The molecule has 0 spiro atoms. The van der Waals surface area contributed by atoms with Crippen LogP contribution in [0.1, 0.15) is 36.1 Å². The topological polar surface area (TPSA) is 80.9 Å². The van der Waals surface area contributed by atoms with Crippen LogP contribution in [0.5, 0.6) is 0 Å². The first-order valence-corrected chi connectivity index (χ1v) is 8.01. The average molecular weight is 314 g/mol. The molecule has 1 aliphatic carbocycles. The maximum atomic E-state index is 11.9. The van der Waals surface area contributed by atoms with Gasteiger partial charge >= 0.3 is 0 Å². The summed E-state index contributed by atoms with van der Waals surface area (Å²) in [5, 5.41) is 7.00. The molecular weight excluding hydrogens is 292 g/mol. The summed E-state index contributed by atoms with van der Waals surface area (Å²) in [5.74, 6) is 2.28. The van der Waals surface area contributed by atoms with E-state index in [1.807, 2.05) is 20.8 Å². The summed E-state index contributed by atoms with van der Waals surface area (Å²) >= 11 is 0. The summed E-state index contributed by atoms with van der Waals surface area (Å²) in [7, 11) is 0. The molecule has 2 aromatic rings. The van der Waals surface area contributed by atoms with Gasteiger partial charge in [-0.15, -0.1) is 0 Å². The maximum Gasteiger partial charge on any atom is 0.223 e. The first kappa shape index (κ1) is 15.6. The molecule has 0 saturated heterocycles. The molecule has 6 nitrogen and oxygen atoms in total. The molecular formula is C17H22N4O2. The highest BCUT2D eigenvalue weighted by atomic mass is 16.5. The molecule has 2 heterocycles. The fourth-order valence-corrected chi connectivity index (χ4v) is 2.69. The Bertz CT molecular complexity index is 738. The normalized spacial score (nSPS) is 19.7. The van der Waals surface area contributed by atoms with Crippen molar-refractivity contribution in [2.75, 3.05) is 6.54 Å². The number of nitrogens with zero attached hydrogens (tertiary/aromatic N) is 3. The molecule has 1 N–H and O–H groups in total. The van der Waals surface area contributed by atoms with Crippen molar-refractivity contribution in [1.82, 2.24) is 20.4 Å². The molecule has 23 heavy (non-hydrogen) atoms. The largest absolute Gasteiger partial charge is 0.356 e. The van der Waals surface area contributed by atoms with Gasteiger partial charge in [0.1, 0.15) is 5.82 Å². The second-order valence-electron chi connectivity index (χ2n) is 6.36. The van der Waals surface area contributed by atoms with Gasteiger partial charge < -0.3 is 9.84 Å². The van der Waals surface area contributed by atoms with Crippen LogP contribution < -0.4 is 5.32 Å². The van der Waals surface area contributed by atoms with Gasteiger partial charge in [0.25, 0.3) is 0 Å². The zero-order chi connectivity index (χ0) is 16.6. The molecule has 1 fully saturated rings. The van der Waals surface area contributed by atoms with Gasteiger partial charge in [0.2, 0.25) is 5.91 Å². The van der Waals surface area contributed by atoms with E-state index in [-0.39, 0.29) is 11.8 Å². The van der Waals surface area contributed by atoms with Crippen LogP contribution >= 0.6 is 0 Å². The Morgan fingerprint density at radius 1 is 1.39 bits per heavy atom. The molecule has 2 aromatic heterocycles. The maximum absolute atomic E-state index is 11.9. The highest BCUT2D eigenvalue weighted by Gasteiger charge is 2.38. The third-order valence-corrected chi connectivity index (χ3v) is 4.50. The lowest BCUT2D eigenvalue weighted by atomic mass is 10.1. The summed E-state index contributed by atoms with van der Waals surface area (Å²) in [5.41, 5.74) is 3.58. The molecule has 3 rings (SSSR count). The monoisotopic (exact) mass is 314 g/mol. The van der Waals surface area contributed by atoms with Crippen LogP contribution in [0.15, 0.2) is 10.7 Å². The van der Waals surface area contributed by atoms with Crippen molar-refractivity contribution in [3.63, 3.8) is 0 Å². The van der Waals surface area contributed by atoms with Crippen molar-refractivity contribution >= 4 is 5.91 Å². The highest BCUT2D eigenvalue weighted by Crippen LogP contribution is 2.37. The van der Waals surface area contributed by atoms with Gasteiger partial charge in [-0.05, 0) is 33.1 Å². The van der Waals surface area contributed by atoms with E-state index < -0.39 is 0 Å². The fraction of sp³-hybridized carbons (Fsp3) is 0.529. The molecule has 0 radical (unpaired) electrons. The van der Waals surface area contributed by atoms with Crippen LogP contribution in [-0.2, 0) is 11.2 Å². The number of rotatable bonds is 5. The molecule has 0 aliphatic heterocycles. The number of aryl methyl sites for hydroxylation is 2. The molecule has 2 atom stereocenters. The van der Waals surface area contributed by atoms with Gasteiger partial charge in [-0.1, -0.05) is 12.1 Å². The minimum absolute atomic E-state index is 0.150. The number of carbonyl (C=O) groups is 1. The summed E-state index contributed by atoms with van der Waals surface area (Å²) in [6.07, 6.45) is 3.42. The second kappa shape index (κ2) is 6.10. The lowest BCUT2D eigenvalue weighted by molar-refractivity contribution is -0.122. The Labute approximate surface area is 135 Å². The Morgan fingerprint density at radius 2 is 2.13 bits per heavy atom. The van der Waals surface area contributed by atoms with Gasteiger partial charge in [-0.2, -0.15) is 0 Å². The third-order valence-electron chi connectivity index (χ3n) is 4.50. The van der Waals surface area contributed by atoms with E-state index in [1.54, 1.807) is 6.20 Å². The Balaban J connectivity index is 1.74. The van der Waals surface area contributed by atoms with Crippen molar-refractivity contribution in [2.45, 2.75) is 40.5 Å². The van der Waals surface area contributed by atoms with E-state index in [2.05, 4.69) is 27.4 Å². The highest BCUT2D eigenvalue weighted by molar-refractivity contribution is 5.81. The zero-order valence-corrected chi connectivity index (χ0v) is 14.0. The average Bonchev–Trinajstić information content (AvgIpc) is 3.16. The summed E-state index contributed by atoms with van der Waals surface area (Å²) in [6.45, 7) is 8.41. The molecule has 1 amide bonds. The van der Waals surface area contributed by atoms with Gasteiger partial charge in [-0.3, -0.25) is 4.79 Å². The van der Waals surface area contributed by atoms with Gasteiger partial charge in [0.05, 0.1) is 17.0 Å². The van der Waals surface area contributed by atoms with Crippen LogP contribution in [0.4, 0.5) is 0 Å². The number of aromatic nitrogens is 3. The van der Waals surface area contributed by atoms with E-state index in [4.69, 9.17) is 4.52 Å². The molecule has 1 aliphatic rings. The van der Waals surface area contributed by atoms with Gasteiger partial charge in [-0.25, -0.2) is 9.97 Å². The van der Waals surface area contributed by atoms with E-state index in [1.165, 1.54) is 0 Å². The molecule has 122 valence electrons. The van der Waals surface area contributed by atoms with Crippen molar-refractivity contribution in [2.24, 2.45) is 11.8 Å². The molecule has 0 unspecified atom stereocenters. The Kier molecular flexibility index (Phi) is 4.15. The van der Waals surface area contributed by atoms with Gasteiger partial charge in [0, 0.05) is 30.6 Å². The van der Waals surface area contributed by atoms with Crippen molar-refractivity contribution in [3.8, 4) is 11.3 Å². The Morgan fingerprint density at radius 3 is 2.74 bits per heavy atom. The first-order valence-electron chi connectivity index (χ1n) is 8.01. The van der Waals surface area contributed by atoms with Crippen LogP contribution in [0.25, 0.3) is 11.3 Å². The number of nitrogens with one attached hydrogen (secondary N) is 1. The number of hydrogen-bond donors (Lipinski definition) is 1. The van der Waals surface area contributed by atoms with E-state index in [9.17, 15) is 4.79 Å². The molecule has 0 bridgehead atoms. The minimum atomic E-state index is 0.150.